The lowest BCUT2D eigenvalue weighted by Crippen LogP contribution is -2.56. The molecule has 8 bridgehead atoms. The third kappa shape index (κ3) is 5.61. The van der Waals surface area contributed by atoms with Crippen molar-refractivity contribution in [3.8, 4) is 0 Å². The Hall–Kier alpha value is 0.297. The van der Waals surface area contributed by atoms with E-state index in [0.29, 0.717) is 10.3 Å². The van der Waals surface area contributed by atoms with Crippen LogP contribution in [0.5, 0.6) is 0 Å². The Morgan fingerprint density at radius 3 is 1.31 bits per heavy atom. The molecule has 8 fully saturated rings. The maximum atomic E-state index is 2.84. The van der Waals surface area contributed by atoms with Gasteiger partial charge in [0.2, 0.25) is 0 Å². The van der Waals surface area contributed by atoms with Crippen molar-refractivity contribution in [3.63, 3.8) is 0 Å². The quantitative estimate of drug-likeness (QED) is 0.210. The monoisotopic (exact) mass is 622 g/mol. The fourth-order valence-electron chi connectivity index (χ4n) is 12.8. The first-order valence-corrected chi connectivity index (χ1v) is 24.7. The highest BCUT2D eigenvalue weighted by Crippen LogP contribution is 2.80. The number of rotatable bonds is 7. The molecule has 1 aromatic carbocycles. The topological polar surface area (TPSA) is 0 Å². The second-order valence-electron chi connectivity index (χ2n) is 20.0. The number of hydrogen-bond donors (Lipinski definition) is 0. The highest BCUT2D eigenvalue weighted by molar-refractivity contribution is 7.60. The molecule has 0 atom stereocenters. The van der Waals surface area contributed by atoms with E-state index in [1.807, 2.05) is 5.56 Å². The Kier molecular flexibility index (Phi) is 7.66. The molecular weight excluding hydrogens is 558 g/mol. The van der Waals surface area contributed by atoms with Crippen molar-refractivity contribution in [3.05, 3.63) is 29.3 Å². The number of benzene rings is 1. The van der Waals surface area contributed by atoms with Crippen molar-refractivity contribution in [2.75, 3.05) is 0 Å². The SMILES string of the molecule is CC(C)(C)P(Cc1ccc([Si](C)(C)C)cc1CP(C12CC3CC(CC(C3)C1)C2)C12CC3CC(CC(C3)C1)C2)C(C)(C)C. The lowest BCUT2D eigenvalue weighted by Gasteiger charge is -2.67. The van der Waals surface area contributed by atoms with E-state index in [1.165, 1.54) is 12.3 Å². The van der Waals surface area contributed by atoms with Crippen molar-refractivity contribution in [2.45, 2.75) is 171 Å². The summed E-state index contributed by atoms with van der Waals surface area (Å²) in [5.41, 5.74) is 3.63. The lowest BCUT2D eigenvalue weighted by atomic mass is 9.55. The van der Waals surface area contributed by atoms with Gasteiger partial charge in [-0.1, -0.05) is 100 Å². The fraction of sp³-hybridized carbons (Fsp3) is 0.846. The normalized spacial score (nSPS) is 39.9. The van der Waals surface area contributed by atoms with Gasteiger partial charge < -0.3 is 0 Å². The second-order valence-corrected chi connectivity index (χ2v) is 32.0. The minimum absolute atomic E-state index is 0.00814. The fourth-order valence-corrected chi connectivity index (χ4v) is 22.8. The van der Waals surface area contributed by atoms with Crippen molar-refractivity contribution in [1.82, 2.24) is 0 Å². The van der Waals surface area contributed by atoms with Gasteiger partial charge >= 0.3 is 0 Å². The van der Waals surface area contributed by atoms with Crippen LogP contribution in [0.1, 0.15) is 130 Å². The summed E-state index contributed by atoms with van der Waals surface area (Å²) in [5.74, 6) is 6.49. The zero-order valence-electron chi connectivity index (χ0n) is 29.0. The molecule has 42 heavy (non-hydrogen) atoms. The van der Waals surface area contributed by atoms with Crippen LogP contribution >= 0.6 is 15.8 Å². The van der Waals surface area contributed by atoms with Crippen LogP contribution in [0.3, 0.4) is 0 Å². The first-order chi connectivity index (χ1) is 19.5. The summed E-state index contributed by atoms with van der Waals surface area (Å²) in [6, 6.07) is 8.13. The Balaban J connectivity index is 1.33. The van der Waals surface area contributed by atoms with Crippen LogP contribution in [0, 0.1) is 35.5 Å². The Morgan fingerprint density at radius 1 is 0.595 bits per heavy atom. The summed E-state index contributed by atoms with van der Waals surface area (Å²) >= 11 is 0. The van der Waals surface area contributed by atoms with E-state index in [1.54, 1.807) is 87.8 Å². The molecule has 0 radical (unpaired) electrons. The minimum atomic E-state index is -1.38. The lowest BCUT2D eigenvalue weighted by molar-refractivity contribution is 0.0184. The maximum Gasteiger partial charge on any atom is 0.0776 e. The van der Waals surface area contributed by atoms with Gasteiger partial charge in [-0.05, 0) is 157 Å². The Bertz CT molecular complexity index is 1050. The molecule has 0 aliphatic heterocycles. The molecule has 9 rings (SSSR count). The summed E-state index contributed by atoms with van der Waals surface area (Å²) in [5, 5.41) is 3.94. The van der Waals surface area contributed by atoms with Gasteiger partial charge in [-0.25, -0.2) is 0 Å². The molecule has 0 heterocycles. The molecule has 8 saturated carbocycles. The summed E-state index contributed by atoms with van der Waals surface area (Å²) in [6.07, 6.45) is 22.2. The highest BCUT2D eigenvalue weighted by Gasteiger charge is 2.62. The molecule has 1 aromatic rings. The molecule has 0 spiro atoms. The van der Waals surface area contributed by atoms with E-state index in [0.717, 1.165) is 45.8 Å². The van der Waals surface area contributed by atoms with Gasteiger partial charge in [0.15, 0.2) is 0 Å². The highest BCUT2D eigenvalue weighted by atomic mass is 31.1. The van der Waals surface area contributed by atoms with Gasteiger partial charge in [0.05, 0.1) is 8.07 Å². The Morgan fingerprint density at radius 2 is 0.976 bits per heavy atom. The molecule has 8 aliphatic rings. The molecule has 8 aliphatic carbocycles. The van der Waals surface area contributed by atoms with Crippen LogP contribution in [-0.2, 0) is 12.3 Å². The average molecular weight is 623 g/mol. The smallest absolute Gasteiger partial charge is 0.0776 e. The van der Waals surface area contributed by atoms with Gasteiger partial charge in [-0.3, -0.25) is 0 Å². The first-order valence-electron chi connectivity index (χ1n) is 18.2. The first kappa shape index (κ1) is 30.9. The van der Waals surface area contributed by atoms with E-state index in [2.05, 4.69) is 79.4 Å². The molecule has 0 nitrogen and oxygen atoms in total. The maximum absolute atomic E-state index is 2.84. The summed E-state index contributed by atoms with van der Waals surface area (Å²) in [7, 11) is -1.52. The average Bonchev–Trinajstić information content (AvgIpc) is 2.82. The van der Waals surface area contributed by atoms with E-state index >= 15 is 0 Å². The van der Waals surface area contributed by atoms with E-state index < -0.39 is 8.07 Å². The van der Waals surface area contributed by atoms with Crippen molar-refractivity contribution in [2.24, 2.45) is 35.5 Å². The van der Waals surface area contributed by atoms with Gasteiger partial charge in [0.1, 0.15) is 0 Å². The Labute approximate surface area is 264 Å². The zero-order valence-corrected chi connectivity index (χ0v) is 31.8. The number of hydrogen-bond acceptors (Lipinski definition) is 0. The van der Waals surface area contributed by atoms with Gasteiger partial charge in [0.25, 0.3) is 0 Å². The third-order valence-electron chi connectivity index (χ3n) is 13.5. The standard InChI is InChI=1S/C39H64P2Si/c1-36(2,3)40(37(4,5)6)25-33-10-11-35(42(7,8)9)18-34(33)26-41(38-19-27-12-28(20-38)14-29(13-27)21-38)39-22-30-15-31(23-39)17-32(16-30)24-39/h10-11,18,27-32H,12-17,19-26H2,1-9H3. The predicted octanol–water partition coefficient (Wildman–Crippen LogP) is 11.7. The minimum Gasteiger partial charge on any atom is -0.0911 e. The summed E-state index contributed by atoms with van der Waals surface area (Å²) in [6.45, 7) is 23.0. The molecule has 0 amide bonds. The van der Waals surface area contributed by atoms with Crippen LogP contribution in [0.4, 0.5) is 0 Å². The second kappa shape index (κ2) is 10.4. The molecule has 3 heteroatoms. The van der Waals surface area contributed by atoms with Crippen LogP contribution in [0.2, 0.25) is 19.6 Å². The summed E-state index contributed by atoms with van der Waals surface area (Å²) < 4.78 is 0. The largest absolute Gasteiger partial charge is 0.0911 e. The van der Waals surface area contributed by atoms with E-state index in [9.17, 15) is 0 Å². The van der Waals surface area contributed by atoms with Gasteiger partial charge in [-0.2, -0.15) is 0 Å². The zero-order chi connectivity index (χ0) is 29.9. The summed E-state index contributed by atoms with van der Waals surface area (Å²) in [4.78, 5) is 0. The van der Waals surface area contributed by atoms with E-state index in [-0.39, 0.29) is 15.8 Å². The molecule has 0 unspecified atom stereocenters. The van der Waals surface area contributed by atoms with Crippen LogP contribution in [0.15, 0.2) is 18.2 Å². The van der Waals surface area contributed by atoms with Gasteiger partial charge in [-0.15, -0.1) is 0 Å². The molecular formula is C39H64P2Si. The molecule has 234 valence electrons. The molecule has 0 saturated heterocycles. The third-order valence-corrected chi connectivity index (χ3v) is 23.5. The van der Waals surface area contributed by atoms with Crippen molar-refractivity contribution < 1.29 is 0 Å². The van der Waals surface area contributed by atoms with E-state index in [4.69, 9.17) is 0 Å². The van der Waals surface area contributed by atoms with Crippen molar-refractivity contribution >= 4 is 29.1 Å². The van der Waals surface area contributed by atoms with Gasteiger partial charge in [0, 0.05) is 0 Å². The predicted molar refractivity (Wildman–Crippen MR) is 192 cm³/mol. The molecule has 0 aromatic heterocycles. The van der Waals surface area contributed by atoms with Crippen LogP contribution in [0.25, 0.3) is 0 Å². The van der Waals surface area contributed by atoms with Crippen LogP contribution < -0.4 is 5.19 Å². The molecule has 0 N–H and O–H groups in total. The van der Waals surface area contributed by atoms with Crippen LogP contribution in [-0.4, -0.2) is 28.7 Å². The van der Waals surface area contributed by atoms with Crippen molar-refractivity contribution in [1.29, 1.82) is 0 Å².